The Morgan fingerprint density at radius 3 is 2.35 bits per heavy atom. The molecule has 0 saturated carbocycles. The van der Waals surface area contributed by atoms with Crippen molar-refractivity contribution in [2.45, 2.75) is 33.5 Å². The van der Waals surface area contributed by atoms with Crippen molar-refractivity contribution in [2.75, 3.05) is 14.1 Å². The van der Waals surface area contributed by atoms with E-state index in [1.165, 1.54) is 16.7 Å². The molecule has 0 amide bonds. The van der Waals surface area contributed by atoms with E-state index >= 15 is 0 Å². The molecule has 0 atom stereocenters. The van der Waals surface area contributed by atoms with Gasteiger partial charge >= 0.3 is 0 Å². The van der Waals surface area contributed by atoms with E-state index in [9.17, 15) is 0 Å². The zero-order valence-corrected chi connectivity index (χ0v) is 16.0. The molecule has 0 spiro atoms. The molecule has 2 aromatic heterocycles. The molecule has 0 radical (unpaired) electrons. The van der Waals surface area contributed by atoms with Gasteiger partial charge in [-0.25, -0.2) is 9.67 Å². The van der Waals surface area contributed by atoms with Gasteiger partial charge < -0.3 is 10.2 Å². The summed E-state index contributed by atoms with van der Waals surface area (Å²) in [6.45, 7) is 6.76. The Morgan fingerprint density at radius 2 is 1.69 bits per heavy atom. The minimum absolute atomic E-state index is 0.796. The molecule has 3 rings (SSSR count). The maximum atomic E-state index is 4.65. The van der Waals surface area contributed by atoms with Crippen LogP contribution in [0.4, 0.5) is 0 Å². The molecular weight excluding hydrogens is 322 g/mol. The van der Waals surface area contributed by atoms with Crippen molar-refractivity contribution >= 4 is 0 Å². The van der Waals surface area contributed by atoms with Crippen LogP contribution < -0.4 is 5.32 Å². The van der Waals surface area contributed by atoms with Crippen molar-refractivity contribution in [1.29, 1.82) is 0 Å². The summed E-state index contributed by atoms with van der Waals surface area (Å²) in [5.41, 5.74) is 6.04. The average molecular weight is 349 g/mol. The Bertz CT molecular complexity index is 835. The SMILES string of the molecule is Cc1nn(-c2ccccn2)c(C)c1CNCc1ccc(CN(C)C)cc1. The van der Waals surface area contributed by atoms with Crippen LogP contribution in [0, 0.1) is 13.8 Å². The Hall–Kier alpha value is -2.50. The highest BCUT2D eigenvalue weighted by Gasteiger charge is 2.12. The molecule has 0 fully saturated rings. The van der Waals surface area contributed by atoms with E-state index in [0.29, 0.717) is 0 Å². The van der Waals surface area contributed by atoms with Crippen LogP contribution in [0.25, 0.3) is 5.82 Å². The first-order chi connectivity index (χ1) is 12.5. The fourth-order valence-electron chi connectivity index (χ4n) is 3.09. The molecule has 136 valence electrons. The predicted octanol–water partition coefficient (Wildman–Crippen LogP) is 3.24. The topological polar surface area (TPSA) is 46.0 Å². The van der Waals surface area contributed by atoms with E-state index in [0.717, 1.165) is 36.8 Å². The summed E-state index contributed by atoms with van der Waals surface area (Å²) in [5.74, 6) is 0.857. The van der Waals surface area contributed by atoms with Crippen molar-refractivity contribution in [3.63, 3.8) is 0 Å². The lowest BCUT2D eigenvalue weighted by molar-refractivity contribution is 0.402. The van der Waals surface area contributed by atoms with Gasteiger partial charge in [-0.15, -0.1) is 0 Å². The highest BCUT2D eigenvalue weighted by atomic mass is 15.3. The van der Waals surface area contributed by atoms with Crippen molar-refractivity contribution < 1.29 is 0 Å². The van der Waals surface area contributed by atoms with E-state index in [4.69, 9.17) is 0 Å². The number of pyridine rings is 1. The highest BCUT2D eigenvalue weighted by Crippen LogP contribution is 2.16. The number of rotatable bonds is 7. The van der Waals surface area contributed by atoms with E-state index < -0.39 is 0 Å². The summed E-state index contributed by atoms with van der Waals surface area (Å²) in [7, 11) is 4.18. The predicted molar refractivity (Wildman–Crippen MR) is 105 cm³/mol. The zero-order chi connectivity index (χ0) is 18.5. The summed E-state index contributed by atoms with van der Waals surface area (Å²) in [6, 6.07) is 14.7. The van der Waals surface area contributed by atoms with Crippen LogP contribution in [0.1, 0.15) is 28.1 Å². The maximum Gasteiger partial charge on any atom is 0.153 e. The van der Waals surface area contributed by atoms with E-state index in [1.54, 1.807) is 6.20 Å². The number of benzene rings is 1. The Morgan fingerprint density at radius 1 is 0.962 bits per heavy atom. The highest BCUT2D eigenvalue weighted by molar-refractivity contribution is 5.32. The van der Waals surface area contributed by atoms with Crippen LogP contribution in [-0.2, 0) is 19.6 Å². The molecule has 5 heteroatoms. The minimum atomic E-state index is 0.796. The second-order valence-corrected chi connectivity index (χ2v) is 6.91. The molecule has 0 aliphatic carbocycles. The first kappa shape index (κ1) is 18.3. The number of aryl methyl sites for hydroxylation is 1. The molecule has 3 aromatic rings. The molecule has 1 N–H and O–H groups in total. The fourth-order valence-corrected chi connectivity index (χ4v) is 3.09. The van der Waals surface area contributed by atoms with Gasteiger partial charge in [0.05, 0.1) is 5.69 Å². The molecule has 0 aliphatic heterocycles. The van der Waals surface area contributed by atoms with Gasteiger partial charge in [0.25, 0.3) is 0 Å². The lowest BCUT2D eigenvalue weighted by Crippen LogP contribution is -2.14. The van der Waals surface area contributed by atoms with Crippen molar-refractivity contribution in [3.8, 4) is 5.82 Å². The third kappa shape index (κ3) is 4.36. The standard InChI is InChI=1S/C21H27N5/c1-16-20(17(2)26(24-16)21-7-5-6-12-23-21)14-22-13-18-8-10-19(11-9-18)15-25(3)4/h5-12,22H,13-15H2,1-4H3. The van der Waals surface area contributed by atoms with Gasteiger partial charge in [-0.1, -0.05) is 30.3 Å². The molecular formula is C21H27N5. The molecule has 0 aliphatic rings. The summed E-state index contributed by atoms with van der Waals surface area (Å²) < 4.78 is 1.92. The Balaban J connectivity index is 1.62. The van der Waals surface area contributed by atoms with Crippen LogP contribution in [-0.4, -0.2) is 33.8 Å². The Labute approximate surface area is 155 Å². The second kappa shape index (κ2) is 8.25. The van der Waals surface area contributed by atoms with E-state index in [2.05, 4.69) is 72.5 Å². The van der Waals surface area contributed by atoms with Gasteiger partial charge in [0.15, 0.2) is 5.82 Å². The third-order valence-corrected chi connectivity index (χ3v) is 4.46. The lowest BCUT2D eigenvalue weighted by Gasteiger charge is -2.10. The first-order valence-electron chi connectivity index (χ1n) is 8.94. The van der Waals surface area contributed by atoms with Gasteiger partial charge in [0, 0.05) is 37.1 Å². The van der Waals surface area contributed by atoms with Gasteiger partial charge in [-0.3, -0.25) is 0 Å². The monoisotopic (exact) mass is 349 g/mol. The normalized spacial score (nSPS) is 11.3. The van der Waals surface area contributed by atoms with Gasteiger partial charge in [0.2, 0.25) is 0 Å². The first-order valence-corrected chi connectivity index (χ1v) is 8.94. The minimum Gasteiger partial charge on any atom is -0.308 e. The zero-order valence-electron chi connectivity index (χ0n) is 16.0. The second-order valence-electron chi connectivity index (χ2n) is 6.91. The number of nitrogens with zero attached hydrogens (tertiary/aromatic N) is 4. The number of hydrogen-bond donors (Lipinski definition) is 1. The fraction of sp³-hybridized carbons (Fsp3) is 0.333. The number of aromatic nitrogens is 3. The molecule has 0 saturated heterocycles. The summed E-state index contributed by atoms with van der Waals surface area (Å²) in [4.78, 5) is 6.58. The van der Waals surface area contributed by atoms with Crippen LogP contribution >= 0.6 is 0 Å². The maximum absolute atomic E-state index is 4.65. The molecule has 0 bridgehead atoms. The van der Waals surface area contributed by atoms with E-state index in [1.807, 2.05) is 22.9 Å². The summed E-state index contributed by atoms with van der Waals surface area (Å²) >= 11 is 0. The molecule has 2 heterocycles. The molecule has 0 unspecified atom stereocenters. The Kier molecular flexibility index (Phi) is 5.81. The smallest absolute Gasteiger partial charge is 0.153 e. The van der Waals surface area contributed by atoms with Crippen LogP contribution in [0.15, 0.2) is 48.7 Å². The van der Waals surface area contributed by atoms with Crippen LogP contribution in [0.5, 0.6) is 0 Å². The number of hydrogen-bond acceptors (Lipinski definition) is 4. The number of nitrogens with one attached hydrogen (secondary N) is 1. The summed E-state index contributed by atoms with van der Waals surface area (Å²) in [5, 5.41) is 8.20. The third-order valence-electron chi connectivity index (χ3n) is 4.46. The molecule has 5 nitrogen and oxygen atoms in total. The van der Waals surface area contributed by atoms with Gasteiger partial charge in [-0.2, -0.15) is 5.10 Å². The van der Waals surface area contributed by atoms with Crippen molar-refractivity contribution in [1.82, 2.24) is 25.0 Å². The van der Waals surface area contributed by atoms with Crippen molar-refractivity contribution in [2.24, 2.45) is 0 Å². The molecule has 26 heavy (non-hydrogen) atoms. The van der Waals surface area contributed by atoms with Crippen LogP contribution in [0.3, 0.4) is 0 Å². The van der Waals surface area contributed by atoms with Crippen molar-refractivity contribution in [3.05, 3.63) is 76.7 Å². The molecule has 1 aromatic carbocycles. The van der Waals surface area contributed by atoms with Gasteiger partial charge in [0.1, 0.15) is 0 Å². The average Bonchev–Trinajstić information content (AvgIpc) is 2.91. The largest absolute Gasteiger partial charge is 0.308 e. The van der Waals surface area contributed by atoms with E-state index in [-0.39, 0.29) is 0 Å². The lowest BCUT2D eigenvalue weighted by atomic mass is 10.1. The van der Waals surface area contributed by atoms with Gasteiger partial charge in [-0.05, 0) is 51.2 Å². The quantitative estimate of drug-likeness (QED) is 0.711. The van der Waals surface area contributed by atoms with Crippen LogP contribution in [0.2, 0.25) is 0 Å². The summed E-state index contributed by atoms with van der Waals surface area (Å²) in [6.07, 6.45) is 1.80.